The van der Waals surface area contributed by atoms with E-state index in [1.807, 2.05) is 11.0 Å². The largest absolute Gasteiger partial charge is 0.505 e. The maximum absolute atomic E-state index is 14.7. The van der Waals surface area contributed by atoms with Gasteiger partial charge in [-0.3, -0.25) is 4.79 Å². The van der Waals surface area contributed by atoms with Crippen molar-refractivity contribution in [2.45, 2.75) is 12.1 Å². The van der Waals surface area contributed by atoms with E-state index in [1.165, 1.54) is 7.11 Å². The molecule has 0 radical (unpaired) electrons. The molecule has 45 heavy (non-hydrogen) atoms. The minimum absolute atomic E-state index is 0.0669. The number of halogens is 2. The Balaban J connectivity index is 1.55. The van der Waals surface area contributed by atoms with Gasteiger partial charge in [-0.2, -0.15) is 4.89 Å². The monoisotopic (exact) mass is 631 g/mol. The van der Waals surface area contributed by atoms with Crippen molar-refractivity contribution in [3.05, 3.63) is 82.4 Å². The van der Waals surface area contributed by atoms with E-state index in [0.29, 0.717) is 63.9 Å². The van der Waals surface area contributed by atoms with Crippen LogP contribution in [0, 0.1) is 11.6 Å². The van der Waals surface area contributed by atoms with Gasteiger partial charge in [0.25, 0.3) is 0 Å². The third kappa shape index (κ3) is 7.87. The second-order valence-electron chi connectivity index (χ2n) is 10.1. The minimum atomic E-state index is -0.992. The van der Waals surface area contributed by atoms with Gasteiger partial charge in [0, 0.05) is 35.2 Å². The standard InChI is InChI=1S/C32H35F2NO10/c1-20(45-38-2)35-5-6-39-7-8-40-9-10-41-11-12-42-13-14-43-31-15-21(3-4-26(31)35)32-22-16-24(33)27(36)18-29(22)44-30-19-28(37)25(34)17-23(30)32/h3-4,15-19,26,31,36H,1,5-14H2,2H3. The van der Waals surface area contributed by atoms with Crippen LogP contribution in [0.5, 0.6) is 5.75 Å². The van der Waals surface area contributed by atoms with Crippen LogP contribution in [0.3, 0.4) is 0 Å². The number of aromatic hydroxyl groups is 1. The zero-order valence-electron chi connectivity index (χ0n) is 24.8. The van der Waals surface area contributed by atoms with Crippen LogP contribution in [-0.2, 0) is 33.5 Å². The molecule has 2 heterocycles. The smallest absolute Gasteiger partial charge is 0.226 e. The summed E-state index contributed by atoms with van der Waals surface area (Å²) in [7, 11) is 1.37. The van der Waals surface area contributed by atoms with E-state index in [2.05, 4.69) is 6.58 Å². The summed E-state index contributed by atoms with van der Waals surface area (Å²) in [6.45, 7) is 7.53. The molecule has 242 valence electrons. The van der Waals surface area contributed by atoms with Crippen LogP contribution in [-0.4, -0.2) is 95.3 Å². The molecular weight excluding hydrogens is 596 g/mol. The molecule has 0 bridgehead atoms. The molecule has 1 saturated heterocycles. The first kappa shape index (κ1) is 32.5. The zero-order chi connectivity index (χ0) is 31.8. The Hall–Kier alpha value is -3.85. The van der Waals surface area contributed by atoms with E-state index >= 15 is 0 Å². The Labute approximate surface area is 258 Å². The number of hydrogen-bond acceptors (Lipinski definition) is 11. The van der Waals surface area contributed by atoms with Crippen LogP contribution in [0.4, 0.5) is 8.78 Å². The average molecular weight is 632 g/mol. The lowest BCUT2D eigenvalue weighted by atomic mass is 9.88. The second-order valence-corrected chi connectivity index (χ2v) is 10.1. The van der Waals surface area contributed by atoms with Crippen LogP contribution in [0.2, 0.25) is 0 Å². The number of phenols is 1. The molecule has 2 atom stereocenters. The highest BCUT2D eigenvalue weighted by molar-refractivity contribution is 6.01. The molecule has 13 heteroatoms. The summed E-state index contributed by atoms with van der Waals surface area (Å²) in [5.41, 5.74) is 0.395. The highest BCUT2D eigenvalue weighted by atomic mass is 19.1. The van der Waals surface area contributed by atoms with Gasteiger partial charge in [-0.1, -0.05) is 12.2 Å². The number of rotatable bonds is 4. The predicted octanol–water partition coefficient (Wildman–Crippen LogP) is 4.02. The molecular formula is C32H35F2NO10. The summed E-state index contributed by atoms with van der Waals surface area (Å²) in [6.07, 6.45) is 4.76. The van der Waals surface area contributed by atoms with Crippen LogP contribution < -0.4 is 5.43 Å². The van der Waals surface area contributed by atoms with Gasteiger partial charge in [0.05, 0.1) is 72.6 Å². The molecule has 0 amide bonds. The van der Waals surface area contributed by atoms with Gasteiger partial charge in [0.15, 0.2) is 17.4 Å². The van der Waals surface area contributed by atoms with Crippen molar-refractivity contribution < 1.29 is 51.8 Å². The van der Waals surface area contributed by atoms with Gasteiger partial charge in [0.1, 0.15) is 17.4 Å². The molecule has 2 aliphatic carbocycles. The Morgan fingerprint density at radius 2 is 1.60 bits per heavy atom. The third-order valence-electron chi connectivity index (χ3n) is 7.27. The first-order valence-electron chi connectivity index (χ1n) is 14.4. The minimum Gasteiger partial charge on any atom is -0.505 e. The van der Waals surface area contributed by atoms with Crippen molar-refractivity contribution in [1.82, 2.24) is 4.90 Å². The first-order valence-corrected chi connectivity index (χ1v) is 14.4. The van der Waals surface area contributed by atoms with Crippen molar-refractivity contribution in [2.24, 2.45) is 0 Å². The average Bonchev–Trinajstić information content (AvgIpc) is 3.01. The van der Waals surface area contributed by atoms with E-state index in [4.69, 9.17) is 37.9 Å². The molecule has 0 saturated carbocycles. The molecule has 0 spiro atoms. The molecule has 1 aromatic rings. The Kier molecular flexibility index (Phi) is 11.2. The van der Waals surface area contributed by atoms with E-state index in [9.17, 15) is 18.7 Å². The van der Waals surface area contributed by atoms with E-state index < -0.39 is 35.0 Å². The molecule has 5 rings (SSSR count). The normalized spacial score (nSPS) is 21.1. The van der Waals surface area contributed by atoms with Crippen molar-refractivity contribution >= 4 is 16.5 Å². The van der Waals surface area contributed by atoms with E-state index in [-0.39, 0.29) is 41.4 Å². The molecule has 1 aromatic carbocycles. The maximum Gasteiger partial charge on any atom is 0.226 e. The quantitative estimate of drug-likeness (QED) is 0.195. The van der Waals surface area contributed by atoms with Gasteiger partial charge in [0.2, 0.25) is 11.3 Å². The van der Waals surface area contributed by atoms with Crippen molar-refractivity contribution in [3.8, 4) is 17.1 Å². The lowest BCUT2D eigenvalue weighted by molar-refractivity contribution is -0.258. The number of nitrogens with zero attached hydrogens (tertiary/aromatic N) is 1. The second kappa shape index (κ2) is 15.4. The molecule has 2 unspecified atom stereocenters. The number of ether oxygens (including phenoxy) is 5. The number of hydrogen-bond donors (Lipinski definition) is 1. The van der Waals surface area contributed by atoms with Crippen molar-refractivity contribution in [2.75, 3.05) is 73.1 Å². The highest BCUT2D eigenvalue weighted by Crippen LogP contribution is 2.41. The highest BCUT2D eigenvalue weighted by Gasteiger charge is 2.32. The first-order chi connectivity index (χ1) is 21.9. The fraction of sp³-hybridized carbons (Fsp3) is 0.406. The maximum atomic E-state index is 14.7. The van der Waals surface area contributed by atoms with Crippen molar-refractivity contribution in [3.63, 3.8) is 0 Å². The van der Waals surface area contributed by atoms with Crippen LogP contribution >= 0.6 is 0 Å². The molecule has 0 aromatic heterocycles. The summed E-state index contributed by atoms with van der Waals surface area (Å²) < 4.78 is 63.9. The van der Waals surface area contributed by atoms with E-state index in [0.717, 1.165) is 24.3 Å². The summed E-state index contributed by atoms with van der Waals surface area (Å²) in [6, 6.07) is 3.83. The Morgan fingerprint density at radius 1 is 0.933 bits per heavy atom. The van der Waals surface area contributed by atoms with Crippen LogP contribution in [0.25, 0.3) is 27.9 Å². The lowest BCUT2D eigenvalue weighted by Crippen LogP contribution is -2.45. The predicted molar refractivity (Wildman–Crippen MR) is 159 cm³/mol. The van der Waals surface area contributed by atoms with Gasteiger partial charge >= 0.3 is 0 Å². The molecule has 1 N–H and O–H groups in total. The zero-order valence-corrected chi connectivity index (χ0v) is 24.8. The number of benzene rings is 2. The Morgan fingerprint density at radius 3 is 2.29 bits per heavy atom. The fourth-order valence-corrected chi connectivity index (χ4v) is 5.20. The third-order valence-corrected chi connectivity index (χ3v) is 7.27. The van der Waals surface area contributed by atoms with Gasteiger partial charge < -0.3 is 43.0 Å². The molecule has 4 aliphatic rings. The summed E-state index contributed by atoms with van der Waals surface area (Å²) in [5, 5.41) is 10.3. The van der Waals surface area contributed by atoms with Gasteiger partial charge in [-0.05, 0) is 30.4 Å². The summed E-state index contributed by atoms with van der Waals surface area (Å²) in [5.74, 6) is -2.24. The number of phenolic OH excluding ortho intramolecular Hbond substituents is 1. The number of allylic oxidation sites excluding steroid dienone is 2. The topological polar surface area (TPSA) is 118 Å². The molecule has 1 fully saturated rings. The lowest BCUT2D eigenvalue weighted by Gasteiger charge is -2.37. The summed E-state index contributed by atoms with van der Waals surface area (Å²) >= 11 is 0. The SMILES string of the molecule is C=C(OOC)N1CCOCCOCCOCCOCCOC2C=C(c3c4cc(F)c(=O)cc-4oc4cc(O)c(F)cc34)C=CC21. The van der Waals surface area contributed by atoms with Gasteiger partial charge in [-0.25, -0.2) is 8.78 Å². The fourth-order valence-electron chi connectivity index (χ4n) is 5.20. The van der Waals surface area contributed by atoms with Crippen LogP contribution in [0.1, 0.15) is 5.56 Å². The summed E-state index contributed by atoms with van der Waals surface area (Å²) in [4.78, 5) is 24.2. The molecule has 2 aliphatic heterocycles. The van der Waals surface area contributed by atoms with Crippen molar-refractivity contribution in [1.29, 1.82) is 0 Å². The van der Waals surface area contributed by atoms with E-state index in [1.54, 1.807) is 12.2 Å². The Bertz CT molecular complexity index is 1570. The van der Waals surface area contributed by atoms with Crippen LogP contribution in [0.15, 0.2) is 64.2 Å². The number of fused-ring (bicyclic) bond motifs is 3. The molecule has 11 nitrogen and oxygen atoms in total. The van der Waals surface area contributed by atoms with Gasteiger partial charge in [-0.15, -0.1) is 0 Å².